The van der Waals surface area contributed by atoms with Gasteiger partial charge in [0, 0.05) is 47.0 Å². The van der Waals surface area contributed by atoms with E-state index in [1.54, 1.807) is 42.6 Å². The summed E-state index contributed by atoms with van der Waals surface area (Å²) in [6, 6.07) is 14.0. The minimum Gasteiger partial charge on any atom is -0.371 e. The van der Waals surface area contributed by atoms with Gasteiger partial charge in [0.2, 0.25) is 0 Å². The second kappa shape index (κ2) is 7.55. The van der Waals surface area contributed by atoms with Gasteiger partial charge in [0.05, 0.1) is 5.52 Å². The van der Waals surface area contributed by atoms with Gasteiger partial charge in [-0.05, 0) is 79.6 Å². The van der Waals surface area contributed by atoms with Crippen molar-refractivity contribution in [3.63, 3.8) is 0 Å². The molecule has 1 aliphatic carbocycles. The Morgan fingerprint density at radius 1 is 1.10 bits per heavy atom. The highest BCUT2D eigenvalue weighted by molar-refractivity contribution is 6.30. The molecule has 1 aliphatic heterocycles. The Hall–Kier alpha value is -2.66. The van der Waals surface area contributed by atoms with Crippen molar-refractivity contribution < 1.29 is 9.18 Å². The molecule has 0 bridgehead atoms. The number of piperidine rings is 1. The van der Waals surface area contributed by atoms with Gasteiger partial charge in [-0.1, -0.05) is 11.6 Å². The lowest BCUT2D eigenvalue weighted by Gasteiger charge is -2.52. The minimum atomic E-state index is -0.233. The molecule has 1 spiro atoms. The predicted octanol–water partition coefficient (Wildman–Crippen LogP) is 5.21. The largest absolute Gasteiger partial charge is 0.371 e. The second-order valence-electron chi connectivity index (χ2n) is 8.56. The number of fused-ring (bicyclic) bond motifs is 1. The summed E-state index contributed by atoms with van der Waals surface area (Å²) in [4.78, 5) is 19.1. The minimum absolute atomic E-state index is 0.0331. The van der Waals surface area contributed by atoms with Gasteiger partial charge in [-0.3, -0.25) is 9.78 Å². The summed E-state index contributed by atoms with van der Waals surface area (Å²) in [7, 11) is 0. The van der Waals surface area contributed by atoms with Gasteiger partial charge < -0.3 is 10.2 Å². The van der Waals surface area contributed by atoms with E-state index in [2.05, 4.69) is 15.2 Å². The molecule has 6 heteroatoms. The van der Waals surface area contributed by atoms with E-state index in [-0.39, 0.29) is 17.8 Å². The molecule has 0 unspecified atom stereocenters. The molecule has 1 saturated heterocycles. The Balaban J connectivity index is 1.20. The fraction of sp³-hybridized carbons (Fsp3) is 0.333. The van der Waals surface area contributed by atoms with Gasteiger partial charge in [-0.25, -0.2) is 4.39 Å². The number of carbonyl (C=O) groups is 1. The van der Waals surface area contributed by atoms with Gasteiger partial charge in [0.15, 0.2) is 0 Å². The van der Waals surface area contributed by atoms with Crippen LogP contribution in [-0.2, 0) is 0 Å². The van der Waals surface area contributed by atoms with Crippen LogP contribution in [0.4, 0.5) is 10.1 Å². The van der Waals surface area contributed by atoms with Crippen LogP contribution in [0.25, 0.3) is 10.9 Å². The predicted molar refractivity (Wildman–Crippen MR) is 118 cm³/mol. The van der Waals surface area contributed by atoms with Crippen LogP contribution in [0.1, 0.15) is 36.0 Å². The molecule has 2 fully saturated rings. The Morgan fingerprint density at radius 2 is 1.83 bits per heavy atom. The number of anilines is 1. The van der Waals surface area contributed by atoms with Crippen molar-refractivity contribution in [3.05, 3.63) is 71.1 Å². The molecule has 2 aromatic carbocycles. The lowest BCUT2D eigenvalue weighted by atomic mass is 9.60. The second-order valence-corrected chi connectivity index (χ2v) is 9.00. The zero-order valence-electron chi connectivity index (χ0n) is 16.6. The molecular formula is C24H23ClFN3O. The molecule has 1 saturated carbocycles. The van der Waals surface area contributed by atoms with Gasteiger partial charge in [0.1, 0.15) is 5.82 Å². The first-order valence-electron chi connectivity index (χ1n) is 10.4. The molecule has 1 aromatic heterocycles. The van der Waals surface area contributed by atoms with Crippen LogP contribution in [0.2, 0.25) is 5.02 Å². The smallest absolute Gasteiger partial charge is 0.251 e. The van der Waals surface area contributed by atoms with E-state index in [1.807, 2.05) is 6.07 Å². The van der Waals surface area contributed by atoms with Crippen molar-refractivity contribution in [3.8, 4) is 0 Å². The third-order valence-corrected chi connectivity index (χ3v) is 6.90. The van der Waals surface area contributed by atoms with Gasteiger partial charge in [-0.2, -0.15) is 0 Å². The number of pyridine rings is 1. The maximum Gasteiger partial charge on any atom is 0.251 e. The van der Waals surface area contributed by atoms with E-state index in [4.69, 9.17) is 11.6 Å². The molecule has 3 aromatic rings. The first-order valence-corrected chi connectivity index (χ1v) is 10.7. The number of aromatic nitrogens is 1. The van der Waals surface area contributed by atoms with Gasteiger partial charge in [-0.15, -0.1) is 0 Å². The zero-order chi connectivity index (χ0) is 20.7. The molecule has 0 radical (unpaired) electrons. The maximum atomic E-state index is 13.8. The lowest BCUT2D eigenvalue weighted by molar-refractivity contribution is 0.0477. The Kier molecular flexibility index (Phi) is 4.86. The topological polar surface area (TPSA) is 45.2 Å². The Morgan fingerprint density at radius 3 is 2.57 bits per heavy atom. The van der Waals surface area contributed by atoms with E-state index >= 15 is 0 Å². The van der Waals surface area contributed by atoms with Crippen molar-refractivity contribution in [2.45, 2.75) is 31.7 Å². The van der Waals surface area contributed by atoms with Crippen LogP contribution >= 0.6 is 11.6 Å². The zero-order valence-corrected chi connectivity index (χ0v) is 17.3. The molecule has 4 nitrogen and oxygen atoms in total. The molecule has 2 heterocycles. The van der Waals surface area contributed by atoms with Crippen LogP contribution in [0.5, 0.6) is 0 Å². The summed E-state index contributed by atoms with van der Waals surface area (Å²) in [5.74, 6) is -0.266. The van der Waals surface area contributed by atoms with Crippen molar-refractivity contribution in [1.82, 2.24) is 10.3 Å². The highest BCUT2D eigenvalue weighted by atomic mass is 35.5. The van der Waals surface area contributed by atoms with E-state index in [1.165, 1.54) is 6.07 Å². The number of hydrogen-bond acceptors (Lipinski definition) is 3. The molecule has 1 N–H and O–H groups in total. The van der Waals surface area contributed by atoms with Crippen molar-refractivity contribution >= 4 is 34.1 Å². The average molecular weight is 424 g/mol. The third-order valence-electron chi connectivity index (χ3n) is 6.65. The van der Waals surface area contributed by atoms with E-state index in [0.717, 1.165) is 55.4 Å². The Labute approximate surface area is 180 Å². The monoisotopic (exact) mass is 423 g/mol. The number of halogens is 2. The van der Waals surface area contributed by atoms with E-state index in [0.29, 0.717) is 16.0 Å². The third kappa shape index (κ3) is 3.63. The summed E-state index contributed by atoms with van der Waals surface area (Å²) in [6.07, 6.45) is 6.00. The quantitative estimate of drug-likeness (QED) is 0.629. The first-order chi connectivity index (χ1) is 14.5. The fourth-order valence-electron chi connectivity index (χ4n) is 4.97. The molecule has 5 rings (SSSR count). The maximum absolute atomic E-state index is 13.8. The first kappa shape index (κ1) is 19.3. The van der Waals surface area contributed by atoms with Crippen LogP contribution in [-0.4, -0.2) is 30.0 Å². The molecule has 0 atom stereocenters. The fourth-order valence-corrected chi connectivity index (χ4v) is 5.09. The SMILES string of the molecule is O=C(NC1CC2(CCN(c3ccnc4ccc(F)cc34)CC2)C1)c1ccc(Cl)cc1. The number of nitrogens with one attached hydrogen (secondary N) is 1. The normalized spacial score (nSPS) is 18.4. The molecule has 2 aliphatic rings. The summed E-state index contributed by atoms with van der Waals surface area (Å²) in [5.41, 5.74) is 2.83. The highest BCUT2D eigenvalue weighted by Gasteiger charge is 2.46. The summed E-state index contributed by atoms with van der Waals surface area (Å²) >= 11 is 5.90. The molecule has 154 valence electrons. The standard InChI is InChI=1S/C24H23ClFN3O/c25-17-3-1-16(2-4-17)23(30)28-19-14-24(15-19)8-11-29(12-9-24)22-7-10-27-21-6-5-18(26)13-20(21)22/h1-7,10,13,19H,8-9,11-12,14-15H2,(H,28,30). The highest BCUT2D eigenvalue weighted by Crippen LogP contribution is 2.50. The number of hydrogen-bond donors (Lipinski definition) is 1. The summed E-state index contributed by atoms with van der Waals surface area (Å²) in [6.45, 7) is 1.88. The summed E-state index contributed by atoms with van der Waals surface area (Å²) in [5, 5.41) is 4.65. The van der Waals surface area contributed by atoms with Crippen LogP contribution in [0.3, 0.4) is 0 Å². The van der Waals surface area contributed by atoms with E-state index in [9.17, 15) is 9.18 Å². The average Bonchev–Trinajstić information content (AvgIpc) is 2.73. The summed E-state index contributed by atoms with van der Waals surface area (Å²) < 4.78 is 13.8. The number of rotatable bonds is 3. The number of benzene rings is 2. The molecule has 1 amide bonds. The van der Waals surface area contributed by atoms with E-state index < -0.39 is 0 Å². The van der Waals surface area contributed by atoms with Crippen LogP contribution in [0, 0.1) is 11.2 Å². The number of nitrogens with zero attached hydrogens (tertiary/aromatic N) is 2. The van der Waals surface area contributed by atoms with Gasteiger partial charge >= 0.3 is 0 Å². The Bertz CT molecular complexity index is 1090. The van der Waals surface area contributed by atoms with Crippen molar-refractivity contribution in [1.29, 1.82) is 0 Å². The van der Waals surface area contributed by atoms with Crippen molar-refractivity contribution in [2.24, 2.45) is 5.41 Å². The molecule has 30 heavy (non-hydrogen) atoms. The number of carbonyl (C=O) groups excluding carboxylic acids is 1. The van der Waals surface area contributed by atoms with Crippen LogP contribution < -0.4 is 10.2 Å². The van der Waals surface area contributed by atoms with Crippen molar-refractivity contribution in [2.75, 3.05) is 18.0 Å². The lowest BCUT2D eigenvalue weighted by Crippen LogP contribution is -2.55. The van der Waals surface area contributed by atoms with Gasteiger partial charge in [0.25, 0.3) is 5.91 Å². The van der Waals surface area contributed by atoms with Crippen LogP contribution in [0.15, 0.2) is 54.7 Å². The number of amides is 1. The molecular weight excluding hydrogens is 401 g/mol.